The van der Waals surface area contributed by atoms with Gasteiger partial charge in [-0.1, -0.05) is 27.2 Å². The maximum Gasteiger partial charge on any atom is 0.0101 e. The van der Waals surface area contributed by atoms with Crippen molar-refractivity contribution in [1.82, 2.24) is 5.32 Å². The zero-order valence-electron chi connectivity index (χ0n) is 9.27. The number of hydrogen-bond acceptors (Lipinski definition) is 1. The van der Waals surface area contributed by atoms with Gasteiger partial charge in [0.25, 0.3) is 0 Å². The van der Waals surface area contributed by atoms with Crippen molar-refractivity contribution in [3.05, 3.63) is 0 Å². The summed E-state index contributed by atoms with van der Waals surface area (Å²) in [7, 11) is 0. The monoisotopic (exact) mass is 181 g/mol. The van der Waals surface area contributed by atoms with Crippen LogP contribution in [0.5, 0.6) is 0 Å². The minimum atomic E-state index is 0.621. The van der Waals surface area contributed by atoms with Gasteiger partial charge in [-0.2, -0.15) is 0 Å². The van der Waals surface area contributed by atoms with E-state index < -0.39 is 0 Å². The van der Waals surface area contributed by atoms with E-state index in [0.29, 0.717) is 6.04 Å². The van der Waals surface area contributed by atoms with Crippen molar-refractivity contribution in [1.29, 1.82) is 0 Å². The van der Waals surface area contributed by atoms with Crippen molar-refractivity contribution in [2.75, 3.05) is 6.54 Å². The van der Waals surface area contributed by atoms with Crippen LogP contribution < -0.4 is 5.32 Å². The fourth-order valence-electron chi connectivity index (χ4n) is 1.50. The molecule has 0 saturated heterocycles. The van der Waals surface area contributed by atoms with Crippen LogP contribution in [-0.2, 0) is 0 Å². The van der Waals surface area contributed by atoms with Crippen LogP contribution in [-0.4, -0.2) is 12.6 Å². The summed E-state index contributed by atoms with van der Waals surface area (Å²) in [6, 6.07) is 0.621. The lowest BCUT2D eigenvalue weighted by molar-refractivity contribution is 0.385. The number of hydrogen-bond donors (Lipinski definition) is 1. The Hall–Kier alpha value is -0.480. The molecule has 0 aliphatic rings. The lowest BCUT2D eigenvalue weighted by atomic mass is 9.96. The molecule has 0 aromatic heterocycles. The Labute approximate surface area is 83.3 Å². The Balaban J connectivity index is 3.73. The zero-order valence-corrected chi connectivity index (χ0v) is 9.27. The topological polar surface area (TPSA) is 12.0 Å². The van der Waals surface area contributed by atoms with Crippen molar-refractivity contribution < 1.29 is 0 Å². The molecule has 0 rings (SSSR count). The molecule has 1 N–H and O–H groups in total. The van der Waals surface area contributed by atoms with E-state index in [1.165, 1.54) is 12.8 Å². The molecule has 0 radical (unpaired) electrons. The quantitative estimate of drug-likeness (QED) is 0.596. The molecule has 0 aromatic carbocycles. The van der Waals surface area contributed by atoms with Crippen molar-refractivity contribution >= 4 is 0 Å². The molecule has 1 heteroatoms. The first-order chi connectivity index (χ1) is 6.24. The van der Waals surface area contributed by atoms with Gasteiger partial charge in [0.1, 0.15) is 0 Å². The second-order valence-corrected chi connectivity index (χ2v) is 3.75. The molecular weight excluding hydrogens is 158 g/mol. The van der Waals surface area contributed by atoms with Crippen LogP contribution >= 0.6 is 0 Å². The lowest BCUT2D eigenvalue weighted by Crippen LogP contribution is -2.30. The maximum atomic E-state index is 5.26. The third-order valence-corrected chi connectivity index (χ3v) is 2.51. The van der Waals surface area contributed by atoms with Crippen LogP contribution in [0.1, 0.15) is 46.5 Å². The molecule has 0 fully saturated rings. The van der Waals surface area contributed by atoms with E-state index in [1.807, 2.05) is 0 Å². The highest BCUT2D eigenvalue weighted by molar-refractivity contribution is 4.85. The van der Waals surface area contributed by atoms with Gasteiger partial charge in [-0.25, -0.2) is 0 Å². The van der Waals surface area contributed by atoms with Crippen LogP contribution in [0.2, 0.25) is 0 Å². The van der Waals surface area contributed by atoms with E-state index >= 15 is 0 Å². The van der Waals surface area contributed by atoms with Crippen molar-refractivity contribution in [3.63, 3.8) is 0 Å². The average molecular weight is 181 g/mol. The molecular formula is C12H23N. The van der Waals surface area contributed by atoms with Gasteiger partial charge in [0.05, 0.1) is 0 Å². The second-order valence-electron chi connectivity index (χ2n) is 3.75. The summed E-state index contributed by atoms with van der Waals surface area (Å²) >= 11 is 0. The Bertz CT molecular complexity index is 146. The van der Waals surface area contributed by atoms with Crippen LogP contribution in [0.15, 0.2) is 0 Å². The van der Waals surface area contributed by atoms with E-state index in [-0.39, 0.29) is 0 Å². The number of nitrogens with one attached hydrogen (secondary N) is 1. The molecule has 13 heavy (non-hydrogen) atoms. The van der Waals surface area contributed by atoms with Crippen LogP contribution in [0.3, 0.4) is 0 Å². The minimum absolute atomic E-state index is 0.621. The molecule has 0 amide bonds. The fourth-order valence-corrected chi connectivity index (χ4v) is 1.50. The third-order valence-electron chi connectivity index (χ3n) is 2.51. The molecule has 0 saturated carbocycles. The van der Waals surface area contributed by atoms with E-state index in [9.17, 15) is 0 Å². The van der Waals surface area contributed by atoms with Crippen molar-refractivity contribution in [3.8, 4) is 12.3 Å². The first-order valence-electron chi connectivity index (χ1n) is 5.41. The minimum Gasteiger partial charge on any atom is -0.314 e. The molecule has 2 atom stereocenters. The molecule has 0 spiro atoms. The molecule has 0 aromatic rings. The molecule has 0 aliphatic heterocycles. The van der Waals surface area contributed by atoms with Crippen LogP contribution in [0, 0.1) is 18.3 Å². The highest BCUT2D eigenvalue weighted by atomic mass is 14.9. The Morgan fingerprint density at radius 2 is 2.08 bits per heavy atom. The summed E-state index contributed by atoms with van der Waals surface area (Å²) in [6.07, 6.45) is 9.79. The number of terminal acetylenes is 1. The Morgan fingerprint density at radius 1 is 1.38 bits per heavy atom. The van der Waals surface area contributed by atoms with Crippen LogP contribution in [0.4, 0.5) is 0 Å². The van der Waals surface area contributed by atoms with Crippen LogP contribution in [0.25, 0.3) is 0 Å². The molecule has 76 valence electrons. The molecule has 1 nitrogen and oxygen atoms in total. The highest BCUT2D eigenvalue weighted by Crippen LogP contribution is 2.13. The van der Waals surface area contributed by atoms with E-state index in [1.54, 1.807) is 0 Å². The van der Waals surface area contributed by atoms with Gasteiger partial charge in [-0.3, -0.25) is 0 Å². The van der Waals surface area contributed by atoms with Gasteiger partial charge in [0.2, 0.25) is 0 Å². The van der Waals surface area contributed by atoms with Gasteiger partial charge in [-0.15, -0.1) is 12.3 Å². The molecule has 0 aliphatic carbocycles. The largest absolute Gasteiger partial charge is 0.314 e. The maximum absolute atomic E-state index is 5.26. The number of rotatable bonds is 7. The first kappa shape index (κ1) is 12.5. The Kier molecular flexibility index (Phi) is 7.83. The Morgan fingerprint density at radius 3 is 2.54 bits per heavy atom. The van der Waals surface area contributed by atoms with Gasteiger partial charge in [0.15, 0.2) is 0 Å². The molecule has 2 unspecified atom stereocenters. The van der Waals surface area contributed by atoms with E-state index in [2.05, 4.69) is 32.0 Å². The van der Waals surface area contributed by atoms with E-state index in [4.69, 9.17) is 6.42 Å². The molecule has 0 heterocycles. The van der Waals surface area contributed by atoms with Gasteiger partial charge in [-0.05, 0) is 25.3 Å². The predicted octanol–water partition coefficient (Wildman–Crippen LogP) is 2.81. The first-order valence-corrected chi connectivity index (χ1v) is 5.41. The predicted molar refractivity (Wildman–Crippen MR) is 59.6 cm³/mol. The van der Waals surface area contributed by atoms with Crippen molar-refractivity contribution in [2.45, 2.75) is 52.5 Å². The summed E-state index contributed by atoms with van der Waals surface area (Å²) in [5.74, 6) is 3.52. The normalized spacial score (nSPS) is 14.9. The van der Waals surface area contributed by atoms with Crippen molar-refractivity contribution in [2.24, 2.45) is 5.92 Å². The van der Waals surface area contributed by atoms with Gasteiger partial charge in [0, 0.05) is 12.5 Å². The SMILES string of the molecule is C#CCCC(CC(C)CC)NCC. The standard InChI is InChI=1S/C12H23N/c1-5-8-9-12(13-7-3)10-11(4)6-2/h1,11-13H,6-10H2,2-4H3. The summed E-state index contributed by atoms with van der Waals surface area (Å²) in [5, 5.41) is 3.49. The second kappa shape index (κ2) is 8.13. The third kappa shape index (κ3) is 6.66. The van der Waals surface area contributed by atoms with Gasteiger partial charge < -0.3 is 5.32 Å². The smallest absolute Gasteiger partial charge is 0.0101 e. The molecule has 0 bridgehead atoms. The highest BCUT2D eigenvalue weighted by Gasteiger charge is 2.09. The summed E-state index contributed by atoms with van der Waals surface area (Å²) in [6.45, 7) is 7.75. The summed E-state index contributed by atoms with van der Waals surface area (Å²) < 4.78 is 0. The lowest BCUT2D eigenvalue weighted by Gasteiger charge is -2.20. The fraction of sp³-hybridized carbons (Fsp3) is 0.833. The van der Waals surface area contributed by atoms with E-state index in [0.717, 1.165) is 25.3 Å². The summed E-state index contributed by atoms with van der Waals surface area (Å²) in [4.78, 5) is 0. The zero-order chi connectivity index (χ0) is 10.1. The van der Waals surface area contributed by atoms with Gasteiger partial charge >= 0.3 is 0 Å². The average Bonchev–Trinajstić information content (AvgIpc) is 2.14. The summed E-state index contributed by atoms with van der Waals surface area (Å²) in [5.41, 5.74) is 0.